The number of aliphatic hydroxyl groups excluding tert-OH is 1. The van der Waals surface area contributed by atoms with Gasteiger partial charge in [0.15, 0.2) is 0 Å². The zero-order valence-corrected chi connectivity index (χ0v) is 20.0. The molecule has 184 valence electrons. The lowest BCUT2D eigenvalue weighted by molar-refractivity contribution is -0.133. The lowest BCUT2D eigenvalue weighted by Crippen LogP contribution is -2.31. The van der Waals surface area contributed by atoms with Crippen molar-refractivity contribution in [2.45, 2.75) is 19.4 Å². The Hall–Kier alpha value is -4.62. The third-order valence-electron chi connectivity index (χ3n) is 7.02. The minimum atomic E-state index is -0.493. The number of nitriles is 1. The molecule has 10 heteroatoms. The summed E-state index contributed by atoms with van der Waals surface area (Å²) in [7, 11) is 0. The van der Waals surface area contributed by atoms with Gasteiger partial charge in [0.1, 0.15) is 18.1 Å². The molecule has 0 unspecified atom stereocenters. The lowest BCUT2D eigenvalue weighted by Gasteiger charge is -2.15. The van der Waals surface area contributed by atoms with Crippen LogP contribution in [0.5, 0.6) is 0 Å². The predicted molar refractivity (Wildman–Crippen MR) is 134 cm³/mol. The number of rotatable bonds is 4. The smallest absolute Gasteiger partial charge is 0.248 e. The predicted octanol–water partition coefficient (Wildman–Crippen LogP) is 3.50. The number of fused-ring (bicyclic) bond motifs is 3. The van der Waals surface area contributed by atoms with Crippen molar-refractivity contribution in [2.24, 2.45) is 0 Å². The van der Waals surface area contributed by atoms with Crippen LogP contribution in [-0.4, -0.2) is 59.8 Å². The maximum Gasteiger partial charge on any atom is 0.248 e. The van der Waals surface area contributed by atoms with Crippen molar-refractivity contribution < 1.29 is 14.3 Å². The summed E-state index contributed by atoms with van der Waals surface area (Å²) in [5.41, 5.74) is 4.63. The van der Waals surface area contributed by atoms with Gasteiger partial charge in [-0.2, -0.15) is 10.4 Å². The number of likely N-dealkylation sites (tertiary alicyclic amines) is 1. The second-order valence-electron chi connectivity index (χ2n) is 9.14. The Morgan fingerprint density at radius 1 is 1.27 bits per heavy atom. The number of carbonyl (C=O) groups excluding carboxylic acids is 1. The Kier molecular flexibility index (Phi) is 5.43. The van der Waals surface area contributed by atoms with Crippen LogP contribution >= 0.6 is 0 Å². The first-order chi connectivity index (χ1) is 18.0. The van der Waals surface area contributed by atoms with Gasteiger partial charge in [0.05, 0.1) is 40.6 Å². The molecule has 1 saturated heterocycles. The molecule has 1 aromatic carbocycles. The number of aryl methyl sites for hydroxylation is 1. The molecule has 5 heterocycles. The molecule has 0 saturated carbocycles. The Morgan fingerprint density at radius 2 is 2.14 bits per heavy atom. The number of imidazole rings is 1. The molecule has 1 N–H and O–H groups in total. The fourth-order valence-electron chi connectivity index (χ4n) is 5.04. The average Bonchev–Trinajstić information content (AvgIpc) is 3.67. The second kappa shape index (κ2) is 8.80. The molecule has 1 atom stereocenters. The largest absolute Gasteiger partial charge is 0.387 e. The third-order valence-corrected chi connectivity index (χ3v) is 7.02. The zero-order chi connectivity index (χ0) is 25.7. The quantitative estimate of drug-likeness (QED) is 0.408. The van der Waals surface area contributed by atoms with Gasteiger partial charge >= 0.3 is 0 Å². The average molecular weight is 496 g/mol. The molecule has 0 bridgehead atoms. The Bertz CT molecular complexity index is 1730. The van der Waals surface area contributed by atoms with E-state index in [1.54, 1.807) is 23.4 Å². The molecule has 4 aromatic heterocycles. The number of benzene rings is 1. The van der Waals surface area contributed by atoms with Crippen molar-refractivity contribution in [2.75, 3.05) is 19.7 Å². The van der Waals surface area contributed by atoms with Crippen molar-refractivity contribution in [3.63, 3.8) is 0 Å². The molecule has 0 radical (unpaired) electrons. The third kappa shape index (κ3) is 3.72. The highest BCUT2D eigenvalue weighted by atomic mass is 19.1. The monoisotopic (exact) mass is 495 g/mol. The standard InChI is InChI=1S/C27H22FN7O2/c1-16-26(25-17(10-29)3-2-4-22(25)28)32-27-21-9-18(11-30-23(21)6-8-34(16)27)19-12-31-35(13-19)20-5-7-33(14-20)24(37)15-36/h2-4,6,8-9,11-13,20,36H,5,7,14-15H2,1H3/t20-/m0/s1. The highest BCUT2D eigenvalue weighted by Crippen LogP contribution is 2.33. The summed E-state index contributed by atoms with van der Waals surface area (Å²) >= 11 is 0. The Labute approximate surface area is 211 Å². The number of hydrogen-bond donors (Lipinski definition) is 1. The minimum Gasteiger partial charge on any atom is -0.387 e. The summed E-state index contributed by atoms with van der Waals surface area (Å²) in [5.74, 6) is -0.767. The van der Waals surface area contributed by atoms with E-state index in [1.165, 1.54) is 12.1 Å². The van der Waals surface area contributed by atoms with Crippen molar-refractivity contribution in [3.05, 3.63) is 72.2 Å². The van der Waals surface area contributed by atoms with Gasteiger partial charge in [-0.1, -0.05) is 6.07 Å². The summed E-state index contributed by atoms with van der Waals surface area (Å²) in [6.07, 6.45) is 8.08. The van der Waals surface area contributed by atoms with Gasteiger partial charge < -0.3 is 14.4 Å². The van der Waals surface area contributed by atoms with Crippen LogP contribution in [0.1, 0.15) is 23.7 Å². The lowest BCUT2D eigenvalue weighted by atomic mass is 10.0. The molecule has 6 rings (SSSR count). The molecule has 1 aliphatic rings. The molecular formula is C27H22FN7O2. The first-order valence-electron chi connectivity index (χ1n) is 11.9. The van der Waals surface area contributed by atoms with E-state index in [4.69, 9.17) is 10.1 Å². The Balaban J connectivity index is 1.41. The van der Waals surface area contributed by atoms with Crippen LogP contribution in [0.2, 0.25) is 0 Å². The highest BCUT2D eigenvalue weighted by Gasteiger charge is 2.27. The summed E-state index contributed by atoms with van der Waals surface area (Å²) < 4.78 is 18.5. The molecule has 37 heavy (non-hydrogen) atoms. The number of nitrogens with zero attached hydrogens (tertiary/aromatic N) is 7. The van der Waals surface area contributed by atoms with Crippen LogP contribution in [0.25, 0.3) is 38.9 Å². The molecule has 5 aromatic rings. The molecule has 1 fully saturated rings. The van der Waals surface area contributed by atoms with E-state index in [2.05, 4.69) is 16.2 Å². The number of hydrogen-bond acceptors (Lipinski definition) is 6. The van der Waals surface area contributed by atoms with Gasteiger partial charge in [0, 0.05) is 53.9 Å². The molecular weight excluding hydrogens is 473 g/mol. The van der Waals surface area contributed by atoms with Gasteiger partial charge in [-0.05, 0) is 37.6 Å². The number of aromatic nitrogens is 5. The normalized spacial score (nSPS) is 15.5. The van der Waals surface area contributed by atoms with E-state index in [0.29, 0.717) is 24.4 Å². The van der Waals surface area contributed by atoms with Crippen molar-refractivity contribution in [1.82, 2.24) is 29.0 Å². The summed E-state index contributed by atoms with van der Waals surface area (Å²) in [6.45, 7) is 2.46. The van der Waals surface area contributed by atoms with E-state index in [9.17, 15) is 14.4 Å². The van der Waals surface area contributed by atoms with E-state index in [1.807, 2.05) is 40.5 Å². The van der Waals surface area contributed by atoms with Crippen LogP contribution in [0, 0.1) is 24.1 Å². The van der Waals surface area contributed by atoms with Crippen molar-refractivity contribution in [3.8, 4) is 28.5 Å². The van der Waals surface area contributed by atoms with Crippen LogP contribution in [0.15, 0.2) is 55.1 Å². The summed E-state index contributed by atoms with van der Waals surface area (Å²) in [4.78, 5) is 22.9. The fourth-order valence-corrected chi connectivity index (χ4v) is 5.04. The minimum absolute atomic E-state index is 0.0389. The van der Waals surface area contributed by atoms with Crippen LogP contribution in [-0.2, 0) is 4.79 Å². The SMILES string of the molecule is Cc1c(-c2c(F)cccc2C#N)nc2c3cc(-c4cnn([C@H]5CCN(C(=O)CO)C5)c4)cnc3ccn12. The topological polar surface area (TPSA) is 112 Å². The maximum atomic E-state index is 14.8. The highest BCUT2D eigenvalue weighted by molar-refractivity contribution is 5.95. The number of amides is 1. The van der Waals surface area contributed by atoms with Crippen molar-refractivity contribution >= 4 is 22.5 Å². The molecule has 1 amide bonds. The maximum absolute atomic E-state index is 14.8. The fraction of sp³-hybridized carbons (Fsp3) is 0.222. The number of carbonyl (C=O) groups is 1. The van der Waals surface area contributed by atoms with Gasteiger partial charge in [0.25, 0.3) is 0 Å². The first-order valence-corrected chi connectivity index (χ1v) is 11.9. The molecule has 9 nitrogen and oxygen atoms in total. The van der Waals surface area contributed by atoms with Crippen LogP contribution < -0.4 is 0 Å². The van der Waals surface area contributed by atoms with Gasteiger partial charge in [-0.3, -0.25) is 14.5 Å². The number of halogens is 1. The van der Waals surface area contributed by atoms with E-state index in [-0.39, 0.29) is 23.1 Å². The number of pyridine rings is 2. The summed E-state index contributed by atoms with van der Waals surface area (Å²) in [5, 5.41) is 24.0. The van der Waals surface area contributed by atoms with Gasteiger partial charge in [0.2, 0.25) is 5.91 Å². The molecule has 0 spiro atoms. The van der Waals surface area contributed by atoms with Gasteiger partial charge in [-0.25, -0.2) is 9.37 Å². The van der Waals surface area contributed by atoms with Crippen molar-refractivity contribution in [1.29, 1.82) is 5.26 Å². The molecule has 1 aliphatic heterocycles. The molecule has 0 aliphatic carbocycles. The second-order valence-corrected chi connectivity index (χ2v) is 9.14. The summed E-state index contributed by atoms with van der Waals surface area (Å²) in [6, 6.07) is 10.4. The first kappa shape index (κ1) is 22.8. The Morgan fingerprint density at radius 3 is 2.95 bits per heavy atom. The zero-order valence-electron chi connectivity index (χ0n) is 20.0. The van der Waals surface area contributed by atoms with E-state index >= 15 is 0 Å². The van der Waals surface area contributed by atoms with Crippen LogP contribution in [0.3, 0.4) is 0 Å². The van der Waals surface area contributed by atoms with Gasteiger partial charge in [-0.15, -0.1) is 0 Å². The van der Waals surface area contributed by atoms with E-state index in [0.717, 1.165) is 34.1 Å². The van der Waals surface area contributed by atoms with E-state index < -0.39 is 12.4 Å². The van der Waals surface area contributed by atoms with Crippen LogP contribution in [0.4, 0.5) is 4.39 Å². The number of aliphatic hydroxyl groups is 1.